The monoisotopic (exact) mass is 252 g/mol. The Morgan fingerprint density at radius 2 is 1.50 bits per heavy atom. The molecular weight excluding hydrogens is 248 g/mol. The van der Waals surface area contributed by atoms with Crippen LogP contribution in [0.1, 0.15) is 0 Å². The summed E-state index contributed by atoms with van der Waals surface area (Å²) in [6.45, 7) is 0. The molecule has 0 radical (unpaired) electrons. The molecule has 0 saturated heterocycles. The summed E-state index contributed by atoms with van der Waals surface area (Å²) in [5.41, 5.74) is -3.46. The lowest BCUT2D eigenvalue weighted by atomic mass is 10.2. The third kappa shape index (κ3) is 1.71. The van der Waals surface area contributed by atoms with Crippen LogP contribution in [0.3, 0.4) is 0 Å². The van der Waals surface area contributed by atoms with E-state index < -0.39 is 32.5 Å². The molecule has 0 aliphatic carbocycles. The fourth-order valence-corrected chi connectivity index (χ4v) is 1.48. The van der Waals surface area contributed by atoms with Gasteiger partial charge in [0.05, 0.1) is 20.7 Å². The molecule has 92 valence electrons. The summed E-state index contributed by atoms with van der Waals surface area (Å²) >= 11 is 0. The van der Waals surface area contributed by atoms with E-state index in [1.54, 1.807) is 0 Å². The molecule has 1 aromatic heterocycles. The van der Waals surface area contributed by atoms with Crippen LogP contribution < -0.4 is 11.2 Å². The summed E-state index contributed by atoms with van der Waals surface area (Å²) in [6.07, 6.45) is 0. The number of benzene rings is 1. The van der Waals surface area contributed by atoms with Gasteiger partial charge in [0.25, 0.3) is 5.56 Å². The van der Waals surface area contributed by atoms with Crippen molar-refractivity contribution in [1.29, 1.82) is 0 Å². The van der Waals surface area contributed by atoms with Crippen molar-refractivity contribution in [1.82, 2.24) is 9.97 Å². The fourth-order valence-electron chi connectivity index (χ4n) is 1.48. The number of fused-ring (bicyclic) bond motifs is 1. The Kier molecular flexibility index (Phi) is 2.39. The van der Waals surface area contributed by atoms with E-state index in [0.29, 0.717) is 0 Å². The summed E-state index contributed by atoms with van der Waals surface area (Å²) in [5.74, 6) is 0. The molecule has 0 aliphatic rings. The third-order valence-corrected chi connectivity index (χ3v) is 2.23. The Hall–Kier alpha value is -3.04. The second-order valence-corrected chi connectivity index (χ2v) is 3.31. The molecular formula is C8H4N4O6. The van der Waals surface area contributed by atoms with Crippen molar-refractivity contribution < 1.29 is 9.85 Å². The van der Waals surface area contributed by atoms with Crippen LogP contribution in [0.15, 0.2) is 21.7 Å². The zero-order chi connectivity index (χ0) is 13.4. The highest BCUT2D eigenvalue weighted by Crippen LogP contribution is 2.29. The first-order valence-corrected chi connectivity index (χ1v) is 4.49. The predicted molar refractivity (Wildman–Crippen MR) is 58.5 cm³/mol. The van der Waals surface area contributed by atoms with Gasteiger partial charge in [-0.2, -0.15) is 0 Å². The normalized spacial score (nSPS) is 10.4. The minimum absolute atomic E-state index is 0.138. The molecule has 10 nitrogen and oxygen atoms in total. The molecule has 0 spiro atoms. The van der Waals surface area contributed by atoms with Crippen molar-refractivity contribution >= 4 is 22.3 Å². The van der Waals surface area contributed by atoms with Gasteiger partial charge in [0.1, 0.15) is 0 Å². The molecule has 0 saturated carbocycles. The maximum atomic E-state index is 11.4. The number of nitrogens with zero attached hydrogens (tertiary/aromatic N) is 2. The molecule has 0 atom stereocenters. The minimum Gasteiger partial charge on any atom is -0.307 e. The van der Waals surface area contributed by atoms with Crippen LogP contribution in [0.2, 0.25) is 0 Å². The summed E-state index contributed by atoms with van der Waals surface area (Å²) in [5, 5.41) is 21.1. The van der Waals surface area contributed by atoms with Gasteiger partial charge in [-0.25, -0.2) is 4.79 Å². The molecule has 0 aliphatic heterocycles. The van der Waals surface area contributed by atoms with Gasteiger partial charge in [-0.05, 0) is 0 Å². The second kappa shape index (κ2) is 3.76. The Morgan fingerprint density at radius 1 is 0.944 bits per heavy atom. The molecule has 1 heterocycles. The van der Waals surface area contributed by atoms with Crippen molar-refractivity contribution in [2.75, 3.05) is 0 Å². The molecule has 2 N–H and O–H groups in total. The number of nitro benzene ring substituents is 2. The van der Waals surface area contributed by atoms with E-state index in [2.05, 4.69) is 4.98 Å². The highest BCUT2D eigenvalue weighted by atomic mass is 16.6. The second-order valence-electron chi connectivity index (χ2n) is 3.31. The number of hydrogen-bond donors (Lipinski definition) is 2. The minimum atomic E-state index is -0.970. The van der Waals surface area contributed by atoms with Crippen LogP contribution in [0, 0.1) is 20.2 Å². The Labute approximate surface area is 96.2 Å². The van der Waals surface area contributed by atoms with Crippen molar-refractivity contribution in [2.45, 2.75) is 0 Å². The zero-order valence-electron chi connectivity index (χ0n) is 8.50. The van der Waals surface area contributed by atoms with Crippen molar-refractivity contribution in [2.24, 2.45) is 0 Å². The van der Waals surface area contributed by atoms with Crippen LogP contribution in [0.4, 0.5) is 11.4 Å². The lowest BCUT2D eigenvalue weighted by Crippen LogP contribution is -2.22. The average molecular weight is 252 g/mol. The van der Waals surface area contributed by atoms with Gasteiger partial charge in [-0.3, -0.25) is 30.0 Å². The maximum absolute atomic E-state index is 11.4. The smallest absolute Gasteiger partial charge is 0.307 e. The van der Waals surface area contributed by atoms with Gasteiger partial charge in [0, 0.05) is 12.1 Å². The first kappa shape index (κ1) is 11.4. The van der Waals surface area contributed by atoms with Crippen LogP contribution in [0.25, 0.3) is 10.9 Å². The van der Waals surface area contributed by atoms with Crippen LogP contribution >= 0.6 is 0 Å². The largest absolute Gasteiger partial charge is 0.348 e. The third-order valence-electron chi connectivity index (χ3n) is 2.23. The van der Waals surface area contributed by atoms with E-state index in [1.165, 1.54) is 0 Å². The highest BCUT2D eigenvalue weighted by Gasteiger charge is 2.25. The van der Waals surface area contributed by atoms with Crippen LogP contribution in [-0.2, 0) is 0 Å². The van der Waals surface area contributed by atoms with E-state index in [4.69, 9.17) is 0 Å². The van der Waals surface area contributed by atoms with Gasteiger partial charge in [-0.1, -0.05) is 0 Å². The number of nitro groups is 2. The zero-order valence-corrected chi connectivity index (χ0v) is 8.50. The number of nitrogens with one attached hydrogen (secondary N) is 2. The van der Waals surface area contributed by atoms with Crippen LogP contribution in [-0.4, -0.2) is 19.8 Å². The highest BCUT2D eigenvalue weighted by molar-refractivity contribution is 5.84. The van der Waals surface area contributed by atoms with Gasteiger partial charge in [0.15, 0.2) is 0 Å². The predicted octanol–water partition coefficient (Wildman–Crippen LogP) is 0.0328. The van der Waals surface area contributed by atoms with Gasteiger partial charge < -0.3 is 4.98 Å². The van der Waals surface area contributed by atoms with E-state index in [-0.39, 0.29) is 10.9 Å². The molecule has 0 fully saturated rings. The average Bonchev–Trinajstić information content (AvgIpc) is 2.26. The Morgan fingerprint density at radius 3 is 2.06 bits per heavy atom. The van der Waals surface area contributed by atoms with E-state index in [0.717, 1.165) is 12.1 Å². The first-order valence-electron chi connectivity index (χ1n) is 4.49. The summed E-state index contributed by atoms with van der Waals surface area (Å²) < 4.78 is 0. The molecule has 0 amide bonds. The van der Waals surface area contributed by atoms with E-state index >= 15 is 0 Å². The molecule has 2 rings (SSSR count). The van der Waals surface area contributed by atoms with E-state index in [9.17, 15) is 29.8 Å². The lowest BCUT2D eigenvalue weighted by Gasteiger charge is -1.98. The number of H-pyrrole nitrogens is 2. The van der Waals surface area contributed by atoms with E-state index in [1.807, 2.05) is 4.98 Å². The van der Waals surface area contributed by atoms with Gasteiger partial charge in [-0.15, -0.1) is 0 Å². The summed E-state index contributed by atoms with van der Waals surface area (Å²) in [7, 11) is 0. The summed E-state index contributed by atoms with van der Waals surface area (Å²) in [6, 6.07) is 1.53. The quantitative estimate of drug-likeness (QED) is 0.568. The summed E-state index contributed by atoms with van der Waals surface area (Å²) in [4.78, 5) is 45.8. The Bertz CT molecular complexity index is 788. The SMILES string of the molecule is O=c1[nH]c(=O)c2cc([N+](=O)[O-])c([N+](=O)[O-])cc2[nH]1. The number of hydrogen-bond acceptors (Lipinski definition) is 6. The fraction of sp³-hybridized carbons (Fsp3) is 0. The van der Waals surface area contributed by atoms with Gasteiger partial charge in [0.2, 0.25) is 0 Å². The molecule has 2 aromatic rings. The van der Waals surface area contributed by atoms with Crippen molar-refractivity contribution in [3.63, 3.8) is 0 Å². The number of aromatic nitrogens is 2. The van der Waals surface area contributed by atoms with Gasteiger partial charge >= 0.3 is 17.1 Å². The molecule has 10 heteroatoms. The standard InChI is InChI=1S/C8H4N4O6/c13-7-3-1-5(11(15)16)6(12(17)18)2-4(3)9-8(14)10-7/h1-2H,(H2,9,10,13,14). The number of aromatic amines is 2. The maximum Gasteiger partial charge on any atom is 0.348 e. The molecule has 0 bridgehead atoms. The van der Waals surface area contributed by atoms with Crippen molar-refractivity contribution in [3.8, 4) is 0 Å². The topological polar surface area (TPSA) is 152 Å². The molecule has 0 unspecified atom stereocenters. The number of rotatable bonds is 2. The van der Waals surface area contributed by atoms with Crippen LogP contribution in [0.5, 0.6) is 0 Å². The molecule has 18 heavy (non-hydrogen) atoms. The molecule has 1 aromatic carbocycles. The van der Waals surface area contributed by atoms with Crippen molar-refractivity contribution in [3.05, 3.63) is 53.2 Å². The Balaban J connectivity index is 2.98. The first-order chi connectivity index (χ1) is 8.40. The lowest BCUT2D eigenvalue weighted by molar-refractivity contribution is -0.422.